The van der Waals surface area contributed by atoms with E-state index in [0.717, 1.165) is 28.7 Å². The van der Waals surface area contributed by atoms with Crippen LogP contribution in [-0.4, -0.2) is 17.6 Å². The van der Waals surface area contributed by atoms with Crippen LogP contribution in [0.1, 0.15) is 18.9 Å². The lowest BCUT2D eigenvalue weighted by Crippen LogP contribution is -2.24. The number of nitrogens with zero attached hydrogens (tertiary/aromatic N) is 1. The lowest BCUT2D eigenvalue weighted by Gasteiger charge is -2.05. The van der Waals surface area contributed by atoms with Crippen LogP contribution in [0.2, 0.25) is 0 Å². The molecule has 2 nitrogen and oxygen atoms in total. The first-order valence-electron chi connectivity index (χ1n) is 6.09. The molecule has 0 aliphatic carbocycles. The number of nitrogens with one attached hydrogen (secondary N) is 1. The third-order valence-corrected chi connectivity index (χ3v) is 4.19. The monoisotopic (exact) mass is 324 g/mol. The molecular weight excluding hydrogens is 308 g/mol. The van der Waals surface area contributed by atoms with Gasteiger partial charge in [0.2, 0.25) is 0 Å². The third-order valence-electron chi connectivity index (χ3n) is 2.59. The summed E-state index contributed by atoms with van der Waals surface area (Å²) in [7, 11) is 0. The molecule has 2 rings (SSSR count). The van der Waals surface area contributed by atoms with Gasteiger partial charge in [-0.1, -0.05) is 48.0 Å². The van der Waals surface area contributed by atoms with Crippen molar-refractivity contribution < 1.29 is 0 Å². The van der Waals surface area contributed by atoms with Crippen molar-refractivity contribution in [3.63, 3.8) is 0 Å². The highest BCUT2D eigenvalue weighted by Gasteiger charge is 2.07. The van der Waals surface area contributed by atoms with Gasteiger partial charge in [0.15, 0.2) is 0 Å². The first-order valence-corrected chi connectivity index (χ1v) is 7.77. The fraction of sp³-hybridized carbons (Fsp3) is 0.357. The quantitative estimate of drug-likeness (QED) is 0.895. The van der Waals surface area contributed by atoms with E-state index >= 15 is 0 Å². The van der Waals surface area contributed by atoms with Crippen molar-refractivity contribution in [1.29, 1.82) is 0 Å². The van der Waals surface area contributed by atoms with E-state index in [-0.39, 0.29) is 0 Å². The summed E-state index contributed by atoms with van der Waals surface area (Å²) in [5.41, 5.74) is 2.23. The predicted octanol–water partition coefficient (Wildman–Crippen LogP) is 4.11. The topological polar surface area (TPSA) is 24.9 Å². The second-order valence-corrected chi connectivity index (χ2v) is 6.26. The zero-order valence-corrected chi connectivity index (χ0v) is 13.0. The fourth-order valence-corrected chi connectivity index (χ4v) is 2.97. The lowest BCUT2D eigenvalue weighted by molar-refractivity contribution is 0.590. The number of hydrogen-bond donors (Lipinski definition) is 1. The molecule has 1 aromatic carbocycles. The molecule has 4 heteroatoms. The Hall–Kier alpha value is -0.710. The summed E-state index contributed by atoms with van der Waals surface area (Å²) in [5.74, 6) is 0. The molecule has 0 saturated carbocycles. The van der Waals surface area contributed by atoms with Crippen molar-refractivity contribution in [3.8, 4) is 11.3 Å². The molecule has 0 aliphatic rings. The standard InChI is InChI=1S/C14H17BrN2S/c1-10(2)16-8-7-14-17-13(9-18-14)11-5-3-4-6-12(11)15/h3-6,9-10,16H,7-8H2,1-2H3. The Balaban J connectivity index is 2.04. The Morgan fingerprint density at radius 3 is 2.83 bits per heavy atom. The van der Waals surface area contributed by atoms with Gasteiger partial charge < -0.3 is 5.32 Å². The van der Waals surface area contributed by atoms with Crippen molar-refractivity contribution in [2.75, 3.05) is 6.54 Å². The number of rotatable bonds is 5. The zero-order valence-electron chi connectivity index (χ0n) is 10.6. The first kappa shape index (κ1) is 13.7. The van der Waals surface area contributed by atoms with Gasteiger partial charge >= 0.3 is 0 Å². The van der Waals surface area contributed by atoms with Gasteiger partial charge in [0.25, 0.3) is 0 Å². The molecule has 2 aromatic rings. The fourth-order valence-electron chi connectivity index (χ4n) is 1.69. The third kappa shape index (κ3) is 3.64. The highest BCUT2D eigenvalue weighted by Crippen LogP contribution is 2.28. The first-order chi connectivity index (χ1) is 8.66. The number of halogens is 1. The minimum Gasteiger partial charge on any atom is -0.314 e. The van der Waals surface area contributed by atoms with E-state index in [4.69, 9.17) is 0 Å². The number of aromatic nitrogens is 1. The van der Waals surface area contributed by atoms with Crippen LogP contribution in [0, 0.1) is 0 Å². The van der Waals surface area contributed by atoms with E-state index in [1.54, 1.807) is 11.3 Å². The minimum atomic E-state index is 0.535. The number of benzene rings is 1. The zero-order chi connectivity index (χ0) is 13.0. The van der Waals surface area contributed by atoms with Crippen LogP contribution in [0.5, 0.6) is 0 Å². The molecule has 18 heavy (non-hydrogen) atoms. The summed E-state index contributed by atoms with van der Waals surface area (Å²) in [6.45, 7) is 5.31. The average Bonchev–Trinajstić information content (AvgIpc) is 2.78. The minimum absolute atomic E-state index is 0.535. The highest BCUT2D eigenvalue weighted by molar-refractivity contribution is 9.10. The lowest BCUT2D eigenvalue weighted by atomic mass is 10.2. The van der Waals surface area contributed by atoms with Crippen LogP contribution in [0.3, 0.4) is 0 Å². The van der Waals surface area contributed by atoms with E-state index in [0.29, 0.717) is 6.04 Å². The van der Waals surface area contributed by atoms with Crippen LogP contribution >= 0.6 is 27.3 Å². The van der Waals surface area contributed by atoms with E-state index in [9.17, 15) is 0 Å². The maximum absolute atomic E-state index is 4.69. The Labute approximate surface area is 121 Å². The Morgan fingerprint density at radius 1 is 1.33 bits per heavy atom. The normalized spacial score (nSPS) is 11.1. The molecular formula is C14H17BrN2S. The summed E-state index contributed by atoms with van der Waals surface area (Å²) in [4.78, 5) is 4.69. The van der Waals surface area contributed by atoms with Crippen LogP contribution < -0.4 is 5.32 Å². The maximum atomic E-state index is 4.69. The van der Waals surface area contributed by atoms with Crippen molar-refractivity contribution in [3.05, 3.63) is 39.1 Å². The van der Waals surface area contributed by atoms with E-state index in [1.165, 1.54) is 5.01 Å². The van der Waals surface area contributed by atoms with E-state index in [2.05, 4.69) is 57.6 Å². The molecule has 0 spiro atoms. The van der Waals surface area contributed by atoms with Gasteiger partial charge in [-0.25, -0.2) is 4.98 Å². The molecule has 0 amide bonds. The van der Waals surface area contributed by atoms with Gasteiger partial charge in [0, 0.05) is 34.4 Å². The molecule has 0 saturated heterocycles. The molecule has 0 unspecified atom stereocenters. The van der Waals surface area contributed by atoms with Gasteiger partial charge in [-0.2, -0.15) is 0 Å². The van der Waals surface area contributed by atoms with Gasteiger partial charge in [0.05, 0.1) is 10.7 Å². The van der Waals surface area contributed by atoms with Gasteiger partial charge in [-0.15, -0.1) is 11.3 Å². The summed E-state index contributed by atoms with van der Waals surface area (Å²) < 4.78 is 1.10. The Kier molecular flexibility index (Phi) is 4.92. The van der Waals surface area contributed by atoms with Gasteiger partial charge in [-0.05, 0) is 6.07 Å². The summed E-state index contributed by atoms with van der Waals surface area (Å²) in [5, 5.41) is 6.73. The summed E-state index contributed by atoms with van der Waals surface area (Å²) in [6, 6.07) is 8.74. The van der Waals surface area contributed by atoms with Crippen molar-refractivity contribution >= 4 is 27.3 Å². The Bertz CT molecular complexity index is 508. The second kappa shape index (κ2) is 6.45. The molecule has 96 valence electrons. The van der Waals surface area contributed by atoms with Crippen LogP contribution in [0.25, 0.3) is 11.3 Å². The SMILES string of the molecule is CC(C)NCCc1nc(-c2ccccc2Br)cs1. The largest absolute Gasteiger partial charge is 0.314 e. The van der Waals surface area contributed by atoms with Crippen LogP contribution in [-0.2, 0) is 6.42 Å². The molecule has 1 aromatic heterocycles. The van der Waals surface area contributed by atoms with E-state index in [1.807, 2.05) is 12.1 Å². The van der Waals surface area contributed by atoms with E-state index < -0.39 is 0 Å². The number of thiazole rings is 1. The smallest absolute Gasteiger partial charge is 0.0945 e. The van der Waals surface area contributed by atoms with Crippen LogP contribution in [0.4, 0.5) is 0 Å². The number of hydrogen-bond acceptors (Lipinski definition) is 3. The highest BCUT2D eigenvalue weighted by atomic mass is 79.9. The maximum Gasteiger partial charge on any atom is 0.0945 e. The molecule has 1 heterocycles. The molecule has 0 fully saturated rings. The van der Waals surface area contributed by atoms with Crippen molar-refractivity contribution in [1.82, 2.24) is 10.3 Å². The molecule has 0 radical (unpaired) electrons. The Morgan fingerprint density at radius 2 is 2.11 bits per heavy atom. The van der Waals surface area contributed by atoms with Gasteiger partial charge in [-0.3, -0.25) is 0 Å². The second-order valence-electron chi connectivity index (χ2n) is 4.47. The molecule has 1 N–H and O–H groups in total. The molecule has 0 atom stereocenters. The van der Waals surface area contributed by atoms with Crippen LogP contribution in [0.15, 0.2) is 34.1 Å². The molecule has 0 bridgehead atoms. The molecule has 0 aliphatic heterocycles. The van der Waals surface area contributed by atoms with Crippen molar-refractivity contribution in [2.45, 2.75) is 26.3 Å². The summed E-state index contributed by atoms with van der Waals surface area (Å²) >= 11 is 5.30. The summed E-state index contributed by atoms with van der Waals surface area (Å²) in [6.07, 6.45) is 0.993. The predicted molar refractivity (Wildman–Crippen MR) is 82.1 cm³/mol. The van der Waals surface area contributed by atoms with Crippen molar-refractivity contribution in [2.24, 2.45) is 0 Å². The van der Waals surface area contributed by atoms with Gasteiger partial charge in [0.1, 0.15) is 0 Å². The average molecular weight is 325 g/mol.